The maximum absolute atomic E-state index is 13.2. The minimum atomic E-state index is -0.115. The minimum absolute atomic E-state index is 0.115. The first-order chi connectivity index (χ1) is 14.6. The van der Waals surface area contributed by atoms with Crippen LogP contribution < -0.4 is 9.64 Å². The highest BCUT2D eigenvalue weighted by Gasteiger charge is 2.33. The highest BCUT2D eigenvalue weighted by Crippen LogP contribution is 2.39. The Hall–Kier alpha value is -2.15. The van der Waals surface area contributed by atoms with E-state index < -0.39 is 0 Å². The first-order valence-electron chi connectivity index (χ1n) is 9.76. The molecule has 1 amide bonds. The van der Waals surface area contributed by atoms with E-state index >= 15 is 0 Å². The van der Waals surface area contributed by atoms with Gasteiger partial charge in [0.05, 0.1) is 17.2 Å². The molecule has 3 aromatic rings. The standard InChI is InChI=1S/C24H20BrNO2S2/c1-2-3-13-28-21-12-11-16-7-4-5-10-19(16)20(21)15-22-23(27)26(24(29)30-22)18-9-6-8-17(25)14-18/h4-12,14-15H,2-3,13H2,1H3/b22-15-. The Labute approximate surface area is 194 Å². The zero-order valence-electron chi connectivity index (χ0n) is 16.4. The van der Waals surface area contributed by atoms with Crippen molar-refractivity contribution >= 4 is 72.7 Å². The molecule has 1 saturated heterocycles. The minimum Gasteiger partial charge on any atom is -0.493 e. The lowest BCUT2D eigenvalue weighted by Gasteiger charge is -2.15. The predicted molar refractivity (Wildman–Crippen MR) is 134 cm³/mol. The van der Waals surface area contributed by atoms with Crippen molar-refractivity contribution in [2.75, 3.05) is 11.5 Å². The van der Waals surface area contributed by atoms with E-state index in [-0.39, 0.29) is 5.91 Å². The highest BCUT2D eigenvalue weighted by molar-refractivity contribution is 9.10. The summed E-state index contributed by atoms with van der Waals surface area (Å²) in [6, 6.07) is 19.8. The molecule has 6 heteroatoms. The molecule has 0 atom stereocenters. The summed E-state index contributed by atoms with van der Waals surface area (Å²) in [5, 5.41) is 2.16. The maximum atomic E-state index is 13.2. The lowest BCUT2D eigenvalue weighted by Crippen LogP contribution is -2.27. The Kier molecular flexibility index (Phi) is 6.56. The molecule has 0 bridgehead atoms. The number of amides is 1. The molecule has 4 rings (SSSR count). The van der Waals surface area contributed by atoms with Crippen LogP contribution in [0.2, 0.25) is 0 Å². The normalized spacial score (nSPS) is 15.4. The lowest BCUT2D eigenvalue weighted by molar-refractivity contribution is -0.113. The van der Waals surface area contributed by atoms with Crippen molar-refractivity contribution in [1.82, 2.24) is 0 Å². The second-order valence-corrected chi connectivity index (χ2v) is 9.49. The Morgan fingerprint density at radius 2 is 1.97 bits per heavy atom. The number of nitrogens with zero attached hydrogens (tertiary/aromatic N) is 1. The van der Waals surface area contributed by atoms with Gasteiger partial charge in [0.1, 0.15) is 5.75 Å². The molecule has 1 aliphatic heterocycles. The monoisotopic (exact) mass is 497 g/mol. The number of carbonyl (C=O) groups is 1. The Bertz CT molecular complexity index is 1160. The largest absolute Gasteiger partial charge is 0.493 e. The summed E-state index contributed by atoms with van der Waals surface area (Å²) in [6.45, 7) is 2.78. The SMILES string of the molecule is CCCCOc1ccc2ccccc2c1/C=C1\SC(=S)N(c2cccc(Br)c2)C1=O. The van der Waals surface area contributed by atoms with Gasteiger partial charge in [-0.15, -0.1) is 0 Å². The van der Waals surface area contributed by atoms with Crippen molar-refractivity contribution < 1.29 is 9.53 Å². The number of ether oxygens (including phenoxy) is 1. The number of halogens is 1. The molecule has 152 valence electrons. The molecule has 0 spiro atoms. The fraction of sp³-hybridized carbons (Fsp3) is 0.167. The Balaban J connectivity index is 1.76. The van der Waals surface area contributed by atoms with Crippen molar-refractivity contribution in [1.29, 1.82) is 0 Å². The molecule has 0 radical (unpaired) electrons. The van der Waals surface area contributed by atoms with Crippen LogP contribution in [-0.2, 0) is 4.79 Å². The molecule has 0 unspecified atom stereocenters. The van der Waals surface area contributed by atoms with Gasteiger partial charge in [-0.2, -0.15) is 0 Å². The number of rotatable bonds is 6. The highest BCUT2D eigenvalue weighted by atomic mass is 79.9. The van der Waals surface area contributed by atoms with E-state index in [9.17, 15) is 4.79 Å². The first kappa shape index (κ1) is 21.1. The average molecular weight is 498 g/mol. The number of anilines is 1. The van der Waals surface area contributed by atoms with Crippen molar-refractivity contribution in [3.8, 4) is 5.75 Å². The van der Waals surface area contributed by atoms with Crippen molar-refractivity contribution in [3.63, 3.8) is 0 Å². The molecule has 0 saturated carbocycles. The van der Waals surface area contributed by atoms with E-state index in [0.717, 1.165) is 45.1 Å². The summed E-state index contributed by atoms with van der Waals surface area (Å²) in [5.74, 6) is 0.672. The second-order valence-electron chi connectivity index (χ2n) is 6.90. The zero-order chi connectivity index (χ0) is 21.1. The molecule has 0 aliphatic carbocycles. The number of hydrogen-bond acceptors (Lipinski definition) is 4. The van der Waals surface area contributed by atoms with E-state index in [1.807, 2.05) is 48.5 Å². The topological polar surface area (TPSA) is 29.5 Å². The summed E-state index contributed by atoms with van der Waals surface area (Å²) >= 11 is 10.3. The molecule has 30 heavy (non-hydrogen) atoms. The van der Waals surface area contributed by atoms with Crippen LogP contribution >= 0.6 is 39.9 Å². The fourth-order valence-corrected chi connectivity index (χ4v) is 4.98. The number of fused-ring (bicyclic) bond motifs is 1. The Morgan fingerprint density at radius 1 is 1.13 bits per heavy atom. The average Bonchev–Trinajstić information content (AvgIpc) is 3.02. The summed E-state index contributed by atoms with van der Waals surface area (Å²) in [4.78, 5) is 15.4. The maximum Gasteiger partial charge on any atom is 0.270 e. The van der Waals surface area contributed by atoms with Crippen LogP contribution in [-0.4, -0.2) is 16.8 Å². The van der Waals surface area contributed by atoms with Gasteiger partial charge in [-0.1, -0.05) is 89.7 Å². The van der Waals surface area contributed by atoms with Gasteiger partial charge in [-0.05, 0) is 47.5 Å². The van der Waals surface area contributed by atoms with Crippen molar-refractivity contribution in [3.05, 3.63) is 75.6 Å². The molecule has 3 nitrogen and oxygen atoms in total. The predicted octanol–water partition coefficient (Wildman–Crippen LogP) is 7.19. The quantitative estimate of drug-likeness (QED) is 0.204. The van der Waals surface area contributed by atoms with Crippen LogP contribution in [0.5, 0.6) is 5.75 Å². The smallest absolute Gasteiger partial charge is 0.270 e. The molecule has 1 heterocycles. The number of thioether (sulfide) groups is 1. The third-order valence-corrected chi connectivity index (χ3v) is 6.62. The van der Waals surface area contributed by atoms with E-state index in [4.69, 9.17) is 17.0 Å². The molecule has 1 aliphatic rings. The summed E-state index contributed by atoms with van der Waals surface area (Å²) < 4.78 is 7.49. The van der Waals surface area contributed by atoms with Gasteiger partial charge in [-0.25, -0.2) is 0 Å². The molecule has 0 N–H and O–H groups in total. The van der Waals surface area contributed by atoms with Crippen LogP contribution in [0.15, 0.2) is 70.0 Å². The second kappa shape index (κ2) is 9.33. The number of benzene rings is 3. The zero-order valence-corrected chi connectivity index (χ0v) is 19.6. The van der Waals surface area contributed by atoms with E-state index in [2.05, 4.69) is 41.1 Å². The van der Waals surface area contributed by atoms with E-state index in [1.165, 1.54) is 11.8 Å². The number of carbonyl (C=O) groups excluding carboxylic acids is 1. The number of unbranched alkanes of at least 4 members (excludes halogenated alkanes) is 1. The van der Waals surface area contributed by atoms with Gasteiger partial charge in [-0.3, -0.25) is 9.69 Å². The lowest BCUT2D eigenvalue weighted by atomic mass is 10.0. The molecular formula is C24H20BrNO2S2. The fourth-order valence-electron chi connectivity index (χ4n) is 3.31. The van der Waals surface area contributed by atoms with Crippen molar-refractivity contribution in [2.24, 2.45) is 0 Å². The molecular weight excluding hydrogens is 478 g/mol. The third-order valence-electron chi connectivity index (χ3n) is 4.82. The van der Waals surface area contributed by atoms with Gasteiger partial charge >= 0.3 is 0 Å². The number of thiocarbonyl (C=S) groups is 1. The molecule has 1 fully saturated rings. The van der Waals surface area contributed by atoms with Crippen molar-refractivity contribution in [2.45, 2.75) is 19.8 Å². The first-order valence-corrected chi connectivity index (χ1v) is 11.8. The Morgan fingerprint density at radius 3 is 2.77 bits per heavy atom. The third kappa shape index (κ3) is 4.31. The number of hydrogen-bond donors (Lipinski definition) is 0. The summed E-state index contributed by atoms with van der Waals surface area (Å²) in [7, 11) is 0. The van der Waals surface area contributed by atoms with Crippen LogP contribution in [0.3, 0.4) is 0 Å². The van der Waals surface area contributed by atoms with E-state index in [0.29, 0.717) is 15.8 Å². The molecule has 0 aromatic heterocycles. The van der Waals surface area contributed by atoms with Crippen LogP contribution in [0.4, 0.5) is 5.69 Å². The summed E-state index contributed by atoms with van der Waals surface area (Å²) in [5.41, 5.74) is 1.67. The van der Waals surface area contributed by atoms with Gasteiger partial charge in [0.2, 0.25) is 0 Å². The van der Waals surface area contributed by atoms with Crippen LogP contribution in [0.25, 0.3) is 16.8 Å². The summed E-state index contributed by atoms with van der Waals surface area (Å²) in [6.07, 6.45) is 3.96. The van der Waals surface area contributed by atoms with Gasteiger partial charge in [0.25, 0.3) is 5.91 Å². The van der Waals surface area contributed by atoms with Gasteiger partial charge in [0.15, 0.2) is 4.32 Å². The van der Waals surface area contributed by atoms with E-state index in [1.54, 1.807) is 4.90 Å². The van der Waals surface area contributed by atoms with Gasteiger partial charge < -0.3 is 4.74 Å². The molecule has 3 aromatic carbocycles. The van der Waals surface area contributed by atoms with Crippen LogP contribution in [0, 0.1) is 0 Å². The van der Waals surface area contributed by atoms with Crippen LogP contribution in [0.1, 0.15) is 25.3 Å². The van der Waals surface area contributed by atoms with Gasteiger partial charge in [0, 0.05) is 10.0 Å².